The fraction of sp³-hybridized carbons (Fsp3) is 0.857. The van der Waals surface area contributed by atoms with Crippen LogP contribution in [0.1, 0.15) is 33.6 Å². The molecule has 1 aliphatic heterocycles. The molecule has 1 rings (SSSR count). The molecular weight excluding hydrogens is 260 g/mol. The zero-order chi connectivity index (χ0) is 15.3. The van der Waals surface area contributed by atoms with Crippen LogP contribution in [0.3, 0.4) is 0 Å². The van der Waals surface area contributed by atoms with Gasteiger partial charge in [-0.1, -0.05) is 0 Å². The van der Waals surface area contributed by atoms with Crippen LogP contribution in [-0.2, 0) is 14.3 Å². The van der Waals surface area contributed by atoms with Crippen LogP contribution in [0.4, 0.5) is 4.79 Å². The molecule has 1 fully saturated rings. The van der Waals surface area contributed by atoms with Crippen LogP contribution in [0.2, 0.25) is 0 Å². The first-order chi connectivity index (χ1) is 9.28. The lowest BCUT2D eigenvalue weighted by atomic mass is 9.89. The molecule has 0 saturated carbocycles. The van der Waals surface area contributed by atoms with Crippen molar-refractivity contribution in [3.8, 4) is 0 Å². The summed E-state index contributed by atoms with van der Waals surface area (Å²) in [6.07, 6.45) is 1.25. The van der Waals surface area contributed by atoms with Gasteiger partial charge in [0.15, 0.2) is 0 Å². The highest BCUT2D eigenvalue weighted by atomic mass is 16.6. The summed E-state index contributed by atoms with van der Waals surface area (Å²) in [5.74, 6) is -0.0608. The summed E-state index contributed by atoms with van der Waals surface area (Å²) in [6, 6.07) is -0.305. The maximum atomic E-state index is 11.9. The minimum Gasteiger partial charge on any atom is -0.468 e. The fourth-order valence-corrected chi connectivity index (χ4v) is 2.41. The second-order valence-corrected chi connectivity index (χ2v) is 6.09. The van der Waals surface area contributed by atoms with E-state index in [1.807, 2.05) is 20.8 Å². The van der Waals surface area contributed by atoms with Gasteiger partial charge in [-0.25, -0.2) is 4.79 Å². The second-order valence-electron chi connectivity index (χ2n) is 6.09. The van der Waals surface area contributed by atoms with Crippen molar-refractivity contribution in [2.45, 2.75) is 45.3 Å². The third kappa shape index (κ3) is 4.67. The molecule has 1 N–H and O–H groups in total. The zero-order valence-corrected chi connectivity index (χ0v) is 13.1. The van der Waals surface area contributed by atoms with Gasteiger partial charge in [0.25, 0.3) is 0 Å². The molecule has 0 bridgehead atoms. The minimum atomic E-state index is -0.479. The largest absolute Gasteiger partial charge is 0.468 e. The number of carbonyl (C=O) groups excluding carboxylic acids is 2. The van der Waals surface area contributed by atoms with Crippen molar-refractivity contribution in [3.63, 3.8) is 0 Å². The van der Waals surface area contributed by atoms with Gasteiger partial charge in [0.05, 0.1) is 7.11 Å². The highest BCUT2D eigenvalue weighted by molar-refractivity contribution is 5.76. The van der Waals surface area contributed by atoms with E-state index in [4.69, 9.17) is 9.47 Å². The summed E-state index contributed by atoms with van der Waals surface area (Å²) in [4.78, 5) is 25.3. The van der Waals surface area contributed by atoms with Crippen LogP contribution in [-0.4, -0.2) is 55.9 Å². The number of nitrogens with zero attached hydrogens (tertiary/aromatic N) is 1. The Hall–Kier alpha value is -1.30. The molecule has 6 nitrogen and oxygen atoms in total. The monoisotopic (exact) mass is 286 g/mol. The maximum absolute atomic E-state index is 11.9. The number of ether oxygens (including phenoxy) is 2. The molecule has 116 valence electrons. The summed E-state index contributed by atoms with van der Waals surface area (Å²) < 4.78 is 10.1. The predicted octanol–water partition coefficient (Wildman–Crippen LogP) is 1.39. The molecule has 0 aromatic rings. The summed E-state index contributed by atoms with van der Waals surface area (Å²) in [6.45, 7) is 6.77. The van der Waals surface area contributed by atoms with E-state index in [0.717, 1.165) is 12.8 Å². The summed E-state index contributed by atoms with van der Waals surface area (Å²) in [5, 5.41) is 3.00. The average molecular weight is 286 g/mol. The molecule has 0 aromatic carbocycles. The molecule has 0 radical (unpaired) electrons. The van der Waals surface area contributed by atoms with E-state index in [2.05, 4.69) is 5.32 Å². The van der Waals surface area contributed by atoms with Crippen LogP contribution < -0.4 is 5.32 Å². The number of carbonyl (C=O) groups is 2. The first kappa shape index (κ1) is 16.8. The van der Waals surface area contributed by atoms with Gasteiger partial charge in [-0.3, -0.25) is 4.79 Å². The van der Waals surface area contributed by atoms with Crippen LogP contribution in [0.15, 0.2) is 0 Å². The highest BCUT2D eigenvalue weighted by Crippen LogP contribution is 2.23. The van der Waals surface area contributed by atoms with Gasteiger partial charge in [0, 0.05) is 13.1 Å². The second kappa shape index (κ2) is 6.92. The number of hydrogen-bond acceptors (Lipinski definition) is 5. The van der Waals surface area contributed by atoms with Gasteiger partial charge in [-0.05, 0) is 46.6 Å². The van der Waals surface area contributed by atoms with Gasteiger partial charge >= 0.3 is 12.1 Å². The van der Waals surface area contributed by atoms with Crippen molar-refractivity contribution in [1.82, 2.24) is 10.2 Å². The highest BCUT2D eigenvalue weighted by Gasteiger charge is 2.33. The van der Waals surface area contributed by atoms with Gasteiger partial charge < -0.3 is 19.7 Å². The Labute approximate surface area is 120 Å². The van der Waals surface area contributed by atoms with Gasteiger partial charge in [0.2, 0.25) is 0 Å². The van der Waals surface area contributed by atoms with Crippen molar-refractivity contribution in [3.05, 3.63) is 0 Å². The first-order valence-electron chi connectivity index (χ1n) is 7.01. The smallest absolute Gasteiger partial charge is 0.410 e. The molecule has 0 unspecified atom stereocenters. The van der Waals surface area contributed by atoms with E-state index in [-0.39, 0.29) is 24.0 Å². The van der Waals surface area contributed by atoms with Gasteiger partial charge in [-0.2, -0.15) is 0 Å². The standard InChI is InChI=1S/C14H26N2O4/c1-14(2,3)20-13(18)16-8-6-10(7-9-16)11(15-4)12(17)19-5/h10-11,15H,6-9H2,1-5H3/t11-/m1/s1. The van der Waals surface area contributed by atoms with E-state index < -0.39 is 5.60 Å². The Balaban J connectivity index is 2.51. The number of likely N-dealkylation sites (tertiary alicyclic amines) is 1. The SMILES string of the molecule is CN[C@@H](C(=O)OC)C1CCN(C(=O)OC(C)(C)C)CC1. The van der Waals surface area contributed by atoms with Gasteiger partial charge in [0.1, 0.15) is 11.6 Å². The molecule has 6 heteroatoms. The number of rotatable bonds is 3. The maximum Gasteiger partial charge on any atom is 0.410 e. The molecule has 20 heavy (non-hydrogen) atoms. The average Bonchev–Trinajstić information content (AvgIpc) is 2.38. The van der Waals surface area contributed by atoms with Crippen molar-refractivity contribution in [2.75, 3.05) is 27.2 Å². The molecular formula is C14H26N2O4. The van der Waals surface area contributed by atoms with E-state index in [0.29, 0.717) is 13.1 Å². The minimum absolute atomic E-state index is 0.186. The molecule has 1 atom stereocenters. The van der Waals surface area contributed by atoms with E-state index >= 15 is 0 Å². The van der Waals surface area contributed by atoms with Crippen molar-refractivity contribution >= 4 is 12.1 Å². The van der Waals surface area contributed by atoms with Crippen LogP contribution in [0.5, 0.6) is 0 Å². The van der Waals surface area contributed by atoms with Crippen LogP contribution in [0.25, 0.3) is 0 Å². The molecule has 0 aromatic heterocycles. The zero-order valence-electron chi connectivity index (χ0n) is 13.1. The van der Waals surface area contributed by atoms with E-state index in [1.165, 1.54) is 7.11 Å². The summed E-state index contributed by atoms with van der Waals surface area (Å²) in [5.41, 5.74) is -0.479. The number of piperidine rings is 1. The number of nitrogens with one attached hydrogen (secondary N) is 1. The third-order valence-corrected chi connectivity index (χ3v) is 3.43. The van der Waals surface area contributed by atoms with Crippen LogP contribution in [0, 0.1) is 5.92 Å². The quantitative estimate of drug-likeness (QED) is 0.794. The third-order valence-electron chi connectivity index (χ3n) is 3.43. The van der Waals surface area contributed by atoms with Crippen LogP contribution >= 0.6 is 0 Å². The first-order valence-corrected chi connectivity index (χ1v) is 7.01. The molecule has 1 heterocycles. The number of hydrogen-bond donors (Lipinski definition) is 1. The number of methoxy groups -OCH3 is 1. The topological polar surface area (TPSA) is 67.9 Å². The molecule has 1 amide bonds. The lowest BCUT2D eigenvalue weighted by Crippen LogP contribution is -2.48. The molecule has 0 spiro atoms. The normalized spacial score (nSPS) is 18.6. The molecule has 0 aliphatic carbocycles. The van der Waals surface area contributed by atoms with E-state index in [9.17, 15) is 9.59 Å². The van der Waals surface area contributed by atoms with E-state index in [1.54, 1.807) is 11.9 Å². The Kier molecular flexibility index (Phi) is 5.80. The Morgan fingerprint density at radius 3 is 2.20 bits per heavy atom. The Morgan fingerprint density at radius 1 is 1.25 bits per heavy atom. The van der Waals surface area contributed by atoms with Crippen molar-refractivity contribution in [1.29, 1.82) is 0 Å². The molecule has 1 aliphatic rings. The Bertz CT molecular complexity index is 344. The van der Waals surface area contributed by atoms with Crippen molar-refractivity contribution in [2.24, 2.45) is 5.92 Å². The molecule has 1 saturated heterocycles. The van der Waals surface area contributed by atoms with Gasteiger partial charge in [-0.15, -0.1) is 0 Å². The summed E-state index contributed by atoms with van der Waals surface area (Å²) >= 11 is 0. The Morgan fingerprint density at radius 2 is 1.80 bits per heavy atom. The lowest BCUT2D eigenvalue weighted by Gasteiger charge is -2.35. The predicted molar refractivity (Wildman–Crippen MR) is 75.4 cm³/mol. The fourth-order valence-electron chi connectivity index (χ4n) is 2.41. The lowest BCUT2D eigenvalue weighted by molar-refractivity contribution is -0.144. The number of esters is 1. The number of amides is 1. The van der Waals surface area contributed by atoms with Crippen molar-refractivity contribution < 1.29 is 19.1 Å². The summed E-state index contributed by atoms with van der Waals surface area (Å²) in [7, 11) is 3.14. The number of likely N-dealkylation sites (N-methyl/N-ethyl adjacent to an activating group) is 1.